The Kier molecular flexibility index (Phi) is 8.14. The highest BCUT2D eigenvalue weighted by Crippen LogP contribution is 2.22. The Morgan fingerprint density at radius 1 is 1.00 bits per heavy atom. The van der Waals surface area contributed by atoms with Crippen molar-refractivity contribution in [3.63, 3.8) is 0 Å². The van der Waals surface area contributed by atoms with Crippen molar-refractivity contribution in [2.24, 2.45) is 0 Å². The number of ether oxygens (including phenoxy) is 2. The molecule has 0 saturated carbocycles. The lowest BCUT2D eigenvalue weighted by molar-refractivity contribution is -0.0194. The molecule has 27 heavy (non-hydrogen) atoms. The van der Waals surface area contributed by atoms with Gasteiger partial charge in [-0.1, -0.05) is 26.2 Å². The average Bonchev–Trinajstić information content (AvgIpc) is 2.66. The predicted octanol–water partition coefficient (Wildman–Crippen LogP) is 4.98. The molecule has 0 amide bonds. The second-order valence-electron chi connectivity index (χ2n) is 6.65. The van der Waals surface area contributed by atoms with Gasteiger partial charge < -0.3 is 19.7 Å². The molecule has 2 unspecified atom stereocenters. The maximum Gasteiger partial charge on any atom is 0.338 e. The monoisotopic (exact) mass is 372 g/mol. The van der Waals surface area contributed by atoms with E-state index in [2.05, 4.69) is 6.92 Å². The van der Waals surface area contributed by atoms with Gasteiger partial charge in [-0.3, -0.25) is 0 Å². The molecule has 2 aromatic rings. The third kappa shape index (κ3) is 6.94. The molecule has 0 radical (unpaired) electrons. The van der Waals surface area contributed by atoms with Crippen LogP contribution in [-0.4, -0.2) is 22.3 Å². The van der Waals surface area contributed by atoms with Crippen molar-refractivity contribution in [3.05, 3.63) is 59.7 Å². The molecule has 0 heterocycles. The summed E-state index contributed by atoms with van der Waals surface area (Å²) in [5, 5.41) is 19.4. The number of aliphatic hydroxyl groups is 1. The summed E-state index contributed by atoms with van der Waals surface area (Å²) in [4.78, 5) is 12.2. The minimum atomic E-state index is -1.16. The normalized spacial score (nSPS) is 13.0. The van der Waals surface area contributed by atoms with E-state index < -0.39 is 6.29 Å². The lowest BCUT2D eigenvalue weighted by atomic mass is 10.1. The Hall–Kier alpha value is -2.53. The van der Waals surface area contributed by atoms with Crippen LogP contribution in [0.1, 0.15) is 68.2 Å². The Balaban J connectivity index is 1.84. The number of unbranched alkanes of at least 4 members (excludes halogenated alkanes) is 3. The number of hydrogen-bond acceptors (Lipinski definition) is 5. The Morgan fingerprint density at radius 3 is 2.30 bits per heavy atom. The van der Waals surface area contributed by atoms with Gasteiger partial charge in [-0.15, -0.1) is 0 Å². The summed E-state index contributed by atoms with van der Waals surface area (Å²) in [5.41, 5.74) is 0.968. The van der Waals surface area contributed by atoms with E-state index >= 15 is 0 Å². The zero-order valence-electron chi connectivity index (χ0n) is 15.9. The number of phenolic OH excluding ortho intramolecular Hbond substituents is 1. The summed E-state index contributed by atoms with van der Waals surface area (Å²) in [7, 11) is 0. The van der Waals surface area contributed by atoms with E-state index in [1.54, 1.807) is 36.4 Å². The van der Waals surface area contributed by atoms with Crippen LogP contribution in [0.5, 0.6) is 11.5 Å². The van der Waals surface area contributed by atoms with Gasteiger partial charge in [-0.2, -0.15) is 0 Å². The van der Waals surface area contributed by atoms with Crippen molar-refractivity contribution in [2.45, 2.75) is 58.3 Å². The molecule has 5 nitrogen and oxygen atoms in total. The molecule has 0 aliphatic carbocycles. The van der Waals surface area contributed by atoms with Gasteiger partial charge in [0, 0.05) is 5.56 Å². The Labute approximate surface area is 160 Å². The first-order chi connectivity index (χ1) is 13.0. The number of rotatable bonds is 10. The molecule has 2 rings (SSSR count). The molecule has 0 spiro atoms. The van der Waals surface area contributed by atoms with Gasteiger partial charge in [0.25, 0.3) is 0 Å². The van der Waals surface area contributed by atoms with Crippen molar-refractivity contribution in [3.8, 4) is 11.5 Å². The fraction of sp³-hybridized carbons (Fsp3) is 0.409. The van der Waals surface area contributed by atoms with Crippen LogP contribution >= 0.6 is 0 Å². The van der Waals surface area contributed by atoms with E-state index in [1.807, 2.05) is 6.92 Å². The third-order valence-electron chi connectivity index (χ3n) is 4.29. The highest BCUT2D eigenvalue weighted by atomic mass is 16.6. The fourth-order valence-electron chi connectivity index (χ4n) is 2.67. The number of hydrogen-bond donors (Lipinski definition) is 2. The second kappa shape index (κ2) is 10.6. The molecule has 2 N–H and O–H groups in total. The van der Waals surface area contributed by atoms with Crippen molar-refractivity contribution >= 4 is 5.97 Å². The molecule has 0 saturated heterocycles. The highest BCUT2D eigenvalue weighted by molar-refractivity contribution is 5.89. The molecule has 0 aliphatic rings. The predicted molar refractivity (Wildman–Crippen MR) is 104 cm³/mol. The van der Waals surface area contributed by atoms with Crippen molar-refractivity contribution in [1.29, 1.82) is 0 Å². The highest BCUT2D eigenvalue weighted by Gasteiger charge is 2.13. The van der Waals surface area contributed by atoms with E-state index in [0.29, 0.717) is 16.9 Å². The van der Waals surface area contributed by atoms with Crippen LogP contribution in [0, 0.1) is 0 Å². The topological polar surface area (TPSA) is 76.0 Å². The first-order valence-corrected chi connectivity index (χ1v) is 9.44. The molecule has 5 heteroatoms. The van der Waals surface area contributed by atoms with E-state index in [0.717, 1.165) is 19.3 Å². The van der Waals surface area contributed by atoms with E-state index in [-0.39, 0.29) is 17.8 Å². The maximum atomic E-state index is 12.2. The number of esters is 1. The first-order valence-electron chi connectivity index (χ1n) is 9.44. The van der Waals surface area contributed by atoms with E-state index in [4.69, 9.17) is 9.47 Å². The van der Waals surface area contributed by atoms with Crippen LogP contribution in [-0.2, 0) is 4.74 Å². The van der Waals surface area contributed by atoms with Gasteiger partial charge in [-0.25, -0.2) is 4.79 Å². The summed E-state index contributed by atoms with van der Waals surface area (Å²) >= 11 is 0. The van der Waals surface area contributed by atoms with Crippen LogP contribution in [0.2, 0.25) is 0 Å². The lowest BCUT2D eigenvalue weighted by Gasteiger charge is -2.15. The number of benzene rings is 2. The maximum absolute atomic E-state index is 12.2. The van der Waals surface area contributed by atoms with E-state index in [9.17, 15) is 15.0 Å². The molecular formula is C22H28O5. The average molecular weight is 372 g/mol. The number of carbonyl (C=O) groups excluding carboxylic acids is 1. The minimum absolute atomic E-state index is 0.110. The first kappa shape index (κ1) is 20.8. The van der Waals surface area contributed by atoms with Crippen molar-refractivity contribution in [2.75, 3.05) is 0 Å². The SMILES string of the molecule is CCCCCCC(C)OC(=O)c1ccc(OC(O)c2ccc(O)cc2)cc1. The quantitative estimate of drug-likeness (QED) is 0.349. The third-order valence-corrected chi connectivity index (χ3v) is 4.29. The van der Waals surface area contributed by atoms with Crippen LogP contribution in [0.4, 0.5) is 0 Å². The number of aromatic hydroxyl groups is 1. The molecule has 0 fully saturated rings. The standard InChI is InChI=1S/C22H28O5/c1-3-4-5-6-7-16(2)26-21(24)18-10-14-20(15-11-18)27-22(25)17-8-12-19(23)13-9-17/h8-16,22-23,25H,3-7H2,1-2H3. The molecular weight excluding hydrogens is 344 g/mol. The number of aliphatic hydroxyl groups excluding tert-OH is 1. The number of carbonyl (C=O) groups is 1. The summed E-state index contributed by atoms with van der Waals surface area (Å²) < 4.78 is 10.9. The van der Waals surface area contributed by atoms with Crippen LogP contribution in [0.25, 0.3) is 0 Å². The van der Waals surface area contributed by atoms with Gasteiger partial charge in [-0.05, 0) is 68.3 Å². The molecule has 0 aromatic heterocycles. The summed E-state index contributed by atoms with van der Waals surface area (Å²) in [6.45, 7) is 4.08. The zero-order valence-corrected chi connectivity index (χ0v) is 15.9. The molecule has 0 aliphatic heterocycles. The zero-order chi connectivity index (χ0) is 19.6. The Morgan fingerprint density at radius 2 is 1.67 bits per heavy atom. The van der Waals surface area contributed by atoms with Gasteiger partial charge >= 0.3 is 5.97 Å². The smallest absolute Gasteiger partial charge is 0.338 e. The van der Waals surface area contributed by atoms with Gasteiger partial charge in [0.05, 0.1) is 11.7 Å². The second-order valence-corrected chi connectivity index (χ2v) is 6.65. The van der Waals surface area contributed by atoms with Gasteiger partial charge in [0.2, 0.25) is 6.29 Å². The Bertz CT molecular complexity index is 694. The molecule has 2 atom stereocenters. The fourth-order valence-corrected chi connectivity index (χ4v) is 2.67. The lowest BCUT2D eigenvalue weighted by Crippen LogP contribution is -2.15. The van der Waals surface area contributed by atoms with Crippen molar-refractivity contribution < 1.29 is 24.5 Å². The molecule has 146 valence electrons. The van der Waals surface area contributed by atoms with E-state index in [1.165, 1.54) is 25.0 Å². The number of phenols is 1. The van der Waals surface area contributed by atoms with Gasteiger partial charge in [0.15, 0.2) is 0 Å². The minimum Gasteiger partial charge on any atom is -0.508 e. The molecule has 0 bridgehead atoms. The van der Waals surface area contributed by atoms with Crippen LogP contribution in [0.3, 0.4) is 0 Å². The largest absolute Gasteiger partial charge is 0.508 e. The van der Waals surface area contributed by atoms with Crippen LogP contribution < -0.4 is 4.74 Å². The van der Waals surface area contributed by atoms with Gasteiger partial charge in [0.1, 0.15) is 11.5 Å². The summed E-state index contributed by atoms with van der Waals surface area (Å²) in [6.07, 6.45) is 4.21. The van der Waals surface area contributed by atoms with Crippen LogP contribution in [0.15, 0.2) is 48.5 Å². The molecule has 2 aromatic carbocycles. The summed E-state index contributed by atoms with van der Waals surface area (Å²) in [5.74, 6) is 0.191. The summed E-state index contributed by atoms with van der Waals surface area (Å²) in [6, 6.07) is 12.6. The van der Waals surface area contributed by atoms with Crippen molar-refractivity contribution in [1.82, 2.24) is 0 Å².